The summed E-state index contributed by atoms with van der Waals surface area (Å²) in [5, 5.41) is 11.8. The van der Waals surface area contributed by atoms with Crippen LogP contribution < -0.4 is 15.8 Å². The lowest BCUT2D eigenvalue weighted by molar-refractivity contribution is 0.346. The number of sulfonamides is 1. The van der Waals surface area contributed by atoms with E-state index in [-0.39, 0.29) is 4.90 Å². The number of guanidine groups is 1. The predicted octanol–water partition coefficient (Wildman–Crippen LogP) is 2.65. The lowest BCUT2D eigenvalue weighted by atomic mass is 9.89. The highest BCUT2D eigenvalue weighted by Gasteiger charge is 2.13. The molecule has 0 saturated heterocycles. The highest BCUT2D eigenvalue weighted by Crippen LogP contribution is 2.21. The fraction of sp³-hybridized carbons (Fsp3) is 0.632. The molecule has 0 aliphatic carbocycles. The number of rotatable bonds is 8. The van der Waals surface area contributed by atoms with Crippen LogP contribution in [0.25, 0.3) is 0 Å². The smallest absolute Gasteiger partial charge is 0.238 e. The van der Waals surface area contributed by atoms with Gasteiger partial charge in [0.1, 0.15) is 0 Å². The summed E-state index contributed by atoms with van der Waals surface area (Å²) < 4.78 is 22.6. The second-order valence-electron chi connectivity index (χ2n) is 7.84. The standard InChI is InChI=1S/C19H34N4O2S/c1-6-21-18(23-15(2)11-13-19(3,4)5)22-14-12-16-7-9-17(10-8-16)26(20,24)25/h7-10,15H,6,11-14H2,1-5H3,(H2,20,24,25)(H2,21,22,23). The molecule has 0 spiro atoms. The van der Waals surface area contributed by atoms with Crippen molar-refractivity contribution in [1.29, 1.82) is 0 Å². The molecule has 0 amide bonds. The number of hydrogen-bond acceptors (Lipinski definition) is 3. The monoisotopic (exact) mass is 382 g/mol. The van der Waals surface area contributed by atoms with Crippen molar-refractivity contribution in [3.05, 3.63) is 29.8 Å². The lowest BCUT2D eigenvalue weighted by Gasteiger charge is -2.23. The van der Waals surface area contributed by atoms with Gasteiger partial charge in [-0.1, -0.05) is 32.9 Å². The first kappa shape index (κ1) is 22.4. The minimum absolute atomic E-state index is 0.132. The largest absolute Gasteiger partial charge is 0.357 e. The average Bonchev–Trinajstić information content (AvgIpc) is 2.52. The van der Waals surface area contributed by atoms with E-state index < -0.39 is 10.0 Å². The third-order valence-electron chi connectivity index (χ3n) is 3.98. The minimum Gasteiger partial charge on any atom is -0.357 e. The number of hydrogen-bond donors (Lipinski definition) is 3. The zero-order valence-corrected chi connectivity index (χ0v) is 17.5. The molecular formula is C19H34N4O2S. The lowest BCUT2D eigenvalue weighted by Crippen LogP contribution is -2.42. The van der Waals surface area contributed by atoms with Gasteiger partial charge in [-0.3, -0.25) is 4.99 Å². The van der Waals surface area contributed by atoms with Crippen LogP contribution in [0.5, 0.6) is 0 Å². The van der Waals surface area contributed by atoms with Gasteiger partial charge in [-0.15, -0.1) is 0 Å². The summed E-state index contributed by atoms with van der Waals surface area (Å²) in [5.74, 6) is 0.815. The molecule has 26 heavy (non-hydrogen) atoms. The SMILES string of the molecule is CCNC(=NCCc1ccc(S(N)(=O)=O)cc1)NC(C)CCC(C)(C)C. The van der Waals surface area contributed by atoms with Crippen LogP contribution in [0, 0.1) is 5.41 Å². The van der Waals surface area contributed by atoms with Gasteiger partial charge in [0.2, 0.25) is 10.0 Å². The quantitative estimate of drug-likeness (QED) is 0.476. The number of aliphatic imine (C=N–C) groups is 1. The van der Waals surface area contributed by atoms with E-state index in [1.165, 1.54) is 12.1 Å². The van der Waals surface area contributed by atoms with Crippen molar-refractivity contribution in [2.75, 3.05) is 13.1 Å². The first-order valence-corrected chi connectivity index (χ1v) is 10.7. The number of nitrogens with zero attached hydrogens (tertiary/aromatic N) is 1. The molecule has 1 aromatic carbocycles. The van der Waals surface area contributed by atoms with E-state index in [4.69, 9.17) is 5.14 Å². The number of nitrogens with one attached hydrogen (secondary N) is 2. The molecule has 0 radical (unpaired) electrons. The molecule has 0 fully saturated rings. The summed E-state index contributed by atoms with van der Waals surface area (Å²) in [7, 11) is -3.64. The molecule has 0 aliphatic heterocycles. The van der Waals surface area contributed by atoms with Gasteiger partial charge in [0.15, 0.2) is 5.96 Å². The topological polar surface area (TPSA) is 96.6 Å². The summed E-state index contributed by atoms with van der Waals surface area (Å²) in [6.45, 7) is 12.4. The molecule has 7 heteroatoms. The molecule has 0 saturated carbocycles. The molecule has 0 aromatic heterocycles. The molecule has 148 valence electrons. The van der Waals surface area contributed by atoms with E-state index in [2.05, 4.69) is 43.3 Å². The minimum atomic E-state index is -3.64. The molecule has 1 unspecified atom stereocenters. The van der Waals surface area contributed by atoms with Crippen LogP contribution in [0.15, 0.2) is 34.2 Å². The number of benzene rings is 1. The van der Waals surface area contributed by atoms with E-state index >= 15 is 0 Å². The van der Waals surface area contributed by atoms with E-state index in [1.807, 2.05) is 6.92 Å². The summed E-state index contributed by atoms with van der Waals surface area (Å²) in [6, 6.07) is 6.98. The summed E-state index contributed by atoms with van der Waals surface area (Å²) in [6.07, 6.45) is 2.97. The van der Waals surface area contributed by atoms with Crippen LogP contribution in [-0.2, 0) is 16.4 Å². The van der Waals surface area contributed by atoms with Crippen LogP contribution in [0.3, 0.4) is 0 Å². The Hall–Kier alpha value is -1.60. The fourth-order valence-electron chi connectivity index (χ4n) is 2.42. The van der Waals surface area contributed by atoms with Crippen molar-refractivity contribution < 1.29 is 8.42 Å². The Labute approximate surface area is 158 Å². The van der Waals surface area contributed by atoms with Gasteiger partial charge in [0, 0.05) is 19.1 Å². The second kappa shape index (κ2) is 9.92. The van der Waals surface area contributed by atoms with Crippen LogP contribution >= 0.6 is 0 Å². The molecule has 1 rings (SSSR count). The normalized spacial score (nSPS) is 14.2. The molecule has 4 N–H and O–H groups in total. The van der Waals surface area contributed by atoms with Crippen molar-refractivity contribution in [2.24, 2.45) is 15.5 Å². The van der Waals surface area contributed by atoms with E-state index in [0.717, 1.165) is 37.3 Å². The van der Waals surface area contributed by atoms with Gasteiger partial charge in [0.05, 0.1) is 4.90 Å². The van der Waals surface area contributed by atoms with E-state index in [0.29, 0.717) is 18.0 Å². The second-order valence-corrected chi connectivity index (χ2v) is 9.41. The average molecular weight is 383 g/mol. The van der Waals surface area contributed by atoms with Gasteiger partial charge < -0.3 is 10.6 Å². The molecule has 0 heterocycles. The molecule has 0 aliphatic rings. The molecule has 1 aromatic rings. The van der Waals surface area contributed by atoms with Crippen LogP contribution in [-0.4, -0.2) is 33.5 Å². The van der Waals surface area contributed by atoms with E-state index in [9.17, 15) is 8.42 Å². The zero-order chi connectivity index (χ0) is 19.8. The Morgan fingerprint density at radius 3 is 2.35 bits per heavy atom. The van der Waals surface area contributed by atoms with Gasteiger partial charge in [-0.05, 0) is 56.2 Å². The van der Waals surface area contributed by atoms with Crippen molar-refractivity contribution in [2.45, 2.75) is 64.8 Å². The van der Waals surface area contributed by atoms with Crippen LogP contribution in [0.1, 0.15) is 53.0 Å². The van der Waals surface area contributed by atoms with Crippen molar-refractivity contribution in [1.82, 2.24) is 10.6 Å². The Balaban J connectivity index is 2.58. The third-order valence-corrected chi connectivity index (χ3v) is 4.91. The molecular weight excluding hydrogens is 348 g/mol. The van der Waals surface area contributed by atoms with Gasteiger partial charge >= 0.3 is 0 Å². The summed E-state index contributed by atoms with van der Waals surface area (Å²) in [5.41, 5.74) is 1.35. The van der Waals surface area contributed by atoms with Crippen molar-refractivity contribution in [3.63, 3.8) is 0 Å². The van der Waals surface area contributed by atoms with Gasteiger partial charge in [-0.2, -0.15) is 0 Å². The number of nitrogens with two attached hydrogens (primary N) is 1. The maximum atomic E-state index is 11.3. The summed E-state index contributed by atoms with van der Waals surface area (Å²) >= 11 is 0. The maximum Gasteiger partial charge on any atom is 0.238 e. The van der Waals surface area contributed by atoms with Crippen molar-refractivity contribution in [3.8, 4) is 0 Å². The van der Waals surface area contributed by atoms with E-state index in [1.54, 1.807) is 12.1 Å². The van der Waals surface area contributed by atoms with Crippen LogP contribution in [0.2, 0.25) is 0 Å². The predicted molar refractivity (Wildman–Crippen MR) is 109 cm³/mol. The third kappa shape index (κ3) is 9.20. The highest BCUT2D eigenvalue weighted by atomic mass is 32.2. The fourth-order valence-corrected chi connectivity index (χ4v) is 2.93. The Morgan fingerprint density at radius 1 is 1.23 bits per heavy atom. The Kier molecular flexibility index (Phi) is 8.56. The molecule has 1 atom stereocenters. The first-order valence-electron chi connectivity index (χ1n) is 9.18. The molecule has 6 nitrogen and oxygen atoms in total. The molecule has 0 bridgehead atoms. The summed E-state index contributed by atoms with van der Waals surface area (Å²) in [4.78, 5) is 4.75. The highest BCUT2D eigenvalue weighted by molar-refractivity contribution is 7.89. The first-order chi connectivity index (χ1) is 12.0. The van der Waals surface area contributed by atoms with Gasteiger partial charge in [-0.25, -0.2) is 13.6 Å². The maximum absolute atomic E-state index is 11.3. The number of primary sulfonamides is 1. The Morgan fingerprint density at radius 2 is 1.85 bits per heavy atom. The zero-order valence-electron chi connectivity index (χ0n) is 16.7. The van der Waals surface area contributed by atoms with Crippen LogP contribution in [0.4, 0.5) is 0 Å². The van der Waals surface area contributed by atoms with Gasteiger partial charge in [0.25, 0.3) is 0 Å². The van der Waals surface area contributed by atoms with Crippen molar-refractivity contribution >= 4 is 16.0 Å². The Bertz CT molecular complexity index is 676.